The number of hydrogen-bond donors (Lipinski definition) is 1. The molecular formula is C19H20F4N6O. The fourth-order valence-electron chi connectivity index (χ4n) is 3.56. The first kappa shape index (κ1) is 20.5. The zero-order valence-corrected chi connectivity index (χ0v) is 16.2. The average molecular weight is 424 g/mol. The van der Waals surface area contributed by atoms with Crippen molar-refractivity contribution >= 4 is 22.3 Å². The number of aromatic nitrogens is 3. The van der Waals surface area contributed by atoms with Crippen molar-refractivity contribution < 1.29 is 22.1 Å². The molecule has 0 aliphatic carbocycles. The Morgan fingerprint density at radius 3 is 2.80 bits per heavy atom. The summed E-state index contributed by atoms with van der Waals surface area (Å²) < 4.78 is 60.3. The van der Waals surface area contributed by atoms with E-state index in [-0.39, 0.29) is 30.5 Å². The zero-order chi connectivity index (χ0) is 21.5. The maximum absolute atomic E-state index is 14.4. The van der Waals surface area contributed by atoms with Crippen molar-refractivity contribution in [2.45, 2.75) is 31.9 Å². The molecule has 1 aromatic carbocycles. The van der Waals surface area contributed by atoms with Gasteiger partial charge in [0, 0.05) is 24.9 Å². The third-order valence-electron chi connectivity index (χ3n) is 4.98. The molecule has 1 aliphatic heterocycles. The zero-order valence-electron chi connectivity index (χ0n) is 16.2. The lowest BCUT2D eigenvalue weighted by Gasteiger charge is -2.26. The molecule has 3 heterocycles. The Hall–Kier alpha value is -2.79. The van der Waals surface area contributed by atoms with Gasteiger partial charge in [0.2, 0.25) is 11.7 Å². The van der Waals surface area contributed by atoms with Crippen molar-refractivity contribution in [1.29, 1.82) is 0 Å². The lowest BCUT2D eigenvalue weighted by molar-refractivity contribution is -0.139. The molecule has 11 heteroatoms. The second-order valence-electron chi connectivity index (χ2n) is 7.24. The minimum atomic E-state index is -4.47. The SMILES string of the molecule is CN1CCC(=Nc2cccc3c2cc(-c2noc(CN)n2)n3CC(F)(F)F)[C@@H](F)C1. The predicted octanol–water partition coefficient (Wildman–Crippen LogP) is 3.46. The van der Waals surface area contributed by atoms with Crippen molar-refractivity contribution in [2.24, 2.45) is 10.7 Å². The summed E-state index contributed by atoms with van der Waals surface area (Å²) in [5.74, 6) is 0.109. The number of benzene rings is 1. The highest BCUT2D eigenvalue weighted by atomic mass is 19.4. The Morgan fingerprint density at radius 2 is 2.13 bits per heavy atom. The molecule has 0 spiro atoms. The number of aliphatic imine (C=N–C) groups is 1. The molecule has 0 unspecified atom stereocenters. The van der Waals surface area contributed by atoms with Crippen LogP contribution < -0.4 is 5.73 Å². The van der Waals surface area contributed by atoms with Gasteiger partial charge < -0.3 is 19.7 Å². The molecule has 1 aliphatic rings. The maximum Gasteiger partial charge on any atom is 0.406 e. The second kappa shape index (κ2) is 7.80. The van der Waals surface area contributed by atoms with Gasteiger partial charge in [-0.2, -0.15) is 18.2 Å². The van der Waals surface area contributed by atoms with E-state index in [4.69, 9.17) is 10.3 Å². The standard InChI is InChI=1S/C19H20F4N6O/c1-28-6-5-14(12(20)9-28)25-13-3-2-4-15-11(13)7-16(29(15)10-19(21,22)23)18-26-17(8-24)30-27-18/h2-4,7,12H,5-6,8-10,24H2,1H3/t12-/m0/s1. The van der Waals surface area contributed by atoms with Gasteiger partial charge in [-0.3, -0.25) is 4.99 Å². The fraction of sp³-hybridized carbons (Fsp3) is 0.421. The van der Waals surface area contributed by atoms with E-state index in [1.165, 1.54) is 6.07 Å². The molecular weight excluding hydrogens is 404 g/mol. The molecule has 30 heavy (non-hydrogen) atoms. The van der Waals surface area contributed by atoms with Gasteiger partial charge in [-0.15, -0.1) is 0 Å². The van der Waals surface area contributed by atoms with Crippen LogP contribution in [-0.4, -0.2) is 57.8 Å². The third-order valence-corrected chi connectivity index (χ3v) is 4.98. The molecule has 160 valence electrons. The second-order valence-corrected chi connectivity index (χ2v) is 7.24. The normalized spacial score (nSPS) is 19.8. The van der Waals surface area contributed by atoms with Crippen LogP contribution >= 0.6 is 0 Å². The van der Waals surface area contributed by atoms with Crippen LogP contribution in [0.4, 0.5) is 23.2 Å². The van der Waals surface area contributed by atoms with Gasteiger partial charge in [0.25, 0.3) is 0 Å². The van der Waals surface area contributed by atoms with Gasteiger partial charge in [-0.25, -0.2) is 4.39 Å². The molecule has 1 atom stereocenters. The van der Waals surface area contributed by atoms with Crippen LogP contribution in [0.5, 0.6) is 0 Å². The summed E-state index contributed by atoms with van der Waals surface area (Å²) in [6.07, 6.45) is -5.24. The Labute approximate surface area is 169 Å². The average Bonchev–Trinajstić information content (AvgIpc) is 3.28. The minimum absolute atomic E-state index is 0.00263. The molecule has 3 aromatic rings. The Kier molecular flexibility index (Phi) is 5.33. The molecule has 0 bridgehead atoms. The van der Waals surface area contributed by atoms with Gasteiger partial charge in [-0.05, 0) is 25.2 Å². The minimum Gasteiger partial charge on any atom is -0.338 e. The predicted molar refractivity (Wildman–Crippen MR) is 103 cm³/mol. The summed E-state index contributed by atoms with van der Waals surface area (Å²) in [6, 6.07) is 6.33. The van der Waals surface area contributed by atoms with E-state index in [1.807, 2.05) is 11.9 Å². The number of piperidine rings is 1. The van der Waals surface area contributed by atoms with Crippen LogP contribution in [0.15, 0.2) is 33.8 Å². The van der Waals surface area contributed by atoms with Gasteiger partial charge in [0.05, 0.1) is 29.2 Å². The van der Waals surface area contributed by atoms with Crippen molar-refractivity contribution in [3.05, 3.63) is 30.2 Å². The smallest absolute Gasteiger partial charge is 0.338 e. The lowest BCUT2D eigenvalue weighted by atomic mass is 10.1. The molecule has 2 aromatic heterocycles. The number of nitrogens with two attached hydrogens (primary N) is 1. The monoisotopic (exact) mass is 424 g/mol. The molecule has 4 rings (SSSR count). The number of alkyl halides is 4. The van der Waals surface area contributed by atoms with E-state index < -0.39 is 18.9 Å². The number of likely N-dealkylation sites (tertiary alicyclic amines) is 1. The number of fused-ring (bicyclic) bond motifs is 1. The van der Waals surface area contributed by atoms with Crippen molar-refractivity contribution in [2.75, 3.05) is 20.1 Å². The number of hydrogen-bond acceptors (Lipinski definition) is 6. The summed E-state index contributed by atoms with van der Waals surface area (Å²) in [7, 11) is 1.83. The van der Waals surface area contributed by atoms with E-state index in [1.54, 1.807) is 18.2 Å². The third kappa shape index (κ3) is 4.08. The van der Waals surface area contributed by atoms with E-state index in [9.17, 15) is 17.6 Å². The van der Waals surface area contributed by atoms with Crippen molar-refractivity contribution in [3.8, 4) is 11.5 Å². The van der Waals surface area contributed by atoms with Gasteiger partial charge in [0.15, 0.2) is 6.17 Å². The van der Waals surface area contributed by atoms with Crippen LogP contribution in [0, 0.1) is 0 Å². The summed E-state index contributed by atoms with van der Waals surface area (Å²) >= 11 is 0. The van der Waals surface area contributed by atoms with Gasteiger partial charge in [-0.1, -0.05) is 11.2 Å². The Balaban J connectivity index is 1.85. The summed E-state index contributed by atoms with van der Waals surface area (Å²) in [6.45, 7) is -0.368. The van der Waals surface area contributed by atoms with Crippen LogP contribution in [-0.2, 0) is 13.1 Å². The number of rotatable bonds is 4. The molecule has 1 saturated heterocycles. The van der Waals surface area contributed by atoms with E-state index in [2.05, 4.69) is 15.1 Å². The topological polar surface area (TPSA) is 85.5 Å². The number of halogens is 4. The van der Waals surface area contributed by atoms with Crippen LogP contribution in [0.2, 0.25) is 0 Å². The van der Waals surface area contributed by atoms with Gasteiger partial charge >= 0.3 is 6.18 Å². The largest absolute Gasteiger partial charge is 0.406 e. The summed E-state index contributed by atoms with van der Waals surface area (Å²) in [5, 5.41) is 4.21. The van der Waals surface area contributed by atoms with Crippen LogP contribution in [0.3, 0.4) is 0 Å². The van der Waals surface area contributed by atoms with Crippen molar-refractivity contribution in [3.63, 3.8) is 0 Å². The quantitative estimate of drug-likeness (QED) is 0.649. The molecule has 0 amide bonds. The van der Waals surface area contributed by atoms with E-state index in [0.29, 0.717) is 35.3 Å². The fourth-order valence-corrected chi connectivity index (χ4v) is 3.56. The first-order chi connectivity index (χ1) is 14.2. The summed E-state index contributed by atoms with van der Waals surface area (Å²) in [5.41, 5.74) is 6.68. The highest BCUT2D eigenvalue weighted by molar-refractivity contribution is 5.99. The van der Waals surface area contributed by atoms with Crippen LogP contribution in [0.1, 0.15) is 12.3 Å². The highest BCUT2D eigenvalue weighted by Gasteiger charge is 2.31. The van der Waals surface area contributed by atoms with Gasteiger partial charge in [0.1, 0.15) is 6.54 Å². The number of nitrogens with zero attached hydrogens (tertiary/aromatic N) is 5. The Bertz CT molecular complexity index is 1090. The first-order valence-electron chi connectivity index (χ1n) is 9.37. The first-order valence-corrected chi connectivity index (χ1v) is 9.37. The summed E-state index contributed by atoms with van der Waals surface area (Å²) in [4.78, 5) is 10.4. The van der Waals surface area contributed by atoms with E-state index in [0.717, 1.165) is 4.57 Å². The van der Waals surface area contributed by atoms with Crippen LogP contribution in [0.25, 0.3) is 22.4 Å². The molecule has 0 radical (unpaired) electrons. The molecule has 1 fully saturated rings. The van der Waals surface area contributed by atoms with Crippen molar-refractivity contribution in [1.82, 2.24) is 19.6 Å². The Morgan fingerprint density at radius 1 is 1.33 bits per heavy atom. The van der Waals surface area contributed by atoms with E-state index >= 15 is 0 Å². The molecule has 2 N–H and O–H groups in total. The molecule has 7 nitrogen and oxygen atoms in total. The maximum atomic E-state index is 14.4. The lowest BCUT2D eigenvalue weighted by Crippen LogP contribution is -2.39. The molecule has 0 saturated carbocycles. The highest BCUT2D eigenvalue weighted by Crippen LogP contribution is 2.35.